The Labute approximate surface area is 172 Å². The van der Waals surface area contributed by atoms with Crippen molar-refractivity contribution in [3.05, 3.63) is 71.9 Å². The molecule has 1 fully saturated rings. The van der Waals surface area contributed by atoms with Gasteiger partial charge in [-0.25, -0.2) is 9.66 Å². The Morgan fingerprint density at radius 1 is 1.03 bits per heavy atom. The molecule has 0 bridgehead atoms. The highest BCUT2D eigenvalue weighted by Crippen LogP contribution is 2.39. The van der Waals surface area contributed by atoms with E-state index in [-0.39, 0.29) is 5.91 Å². The normalized spacial score (nSPS) is 14.3. The van der Waals surface area contributed by atoms with Crippen molar-refractivity contribution < 1.29 is 9.53 Å². The number of aromatic nitrogens is 2. The molecule has 2 aromatic heterocycles. The molecule has 29 heavy (non-hydrogen) atoms. The molecule has 5 rings (SSSR count). The standard InChI is InChI=1S/C22H20N4O2S/c27-21(24-26-15-23-18-8-4-5-9-19(18)26)20-14-17(16-6-2-1-3-7-16)22(29-20)25-10-12-28-13-11-25/h1-9,14-15H,10-13H2,(H,24,27). The Balaban J connectivity index is 1.49. The molecular formula is C22H20N4O2S. The number of rotatable bonds is 4. The number of morpholine rings is 1. The topological polar surface area (TPSA) is 59.4 Å². The van der Waals surface area contributed by atoms with Crippen LogP contribution in [0.25, 0.3) is 22.2 Å². The first kappa shape index (κ1) is 17.9. The second-order valence-electron chi connectivity index (χ2n) is 6.84. The Hall–Kier alpha value is -3.16. The zero-order chi connectivity index (χ0) is 19.6. The van der Waals surface area contributed by atoms with E-state index in [4.69, 9.17) is 4.74 Å². The van der Waals surface area contributed by atoms with Gasteiger partial charge >= 0.3 is 0 Å². The third kappa shape index (κ3) is 3.50. The number of imidazole rings is 1. The van der Waals surface area contributed by atoms with Crippen molar-refractivity contribution in [2.45, 2.75) is 0 Å². The maximum atomic E-state index is 13.0. The molecule has 1 saturated heterocycles. The number of amides is 1. The van der Waals surface area contributed by atoms with Crippen LogP contribution in [0.3, 0.4) is 0 Å². The molecule has 7 heteroatoms. The van der Waals surface area contributed by atoms with Crippen LogP contribution in [0.15, 0.2) is 67.0 Å². The zero-order valence-corrected chi connectivity index (χ0v) is 16.6. The minimum atomic E-state index is -0.144. The molecule has 0 spiro atoms. The molecule has 0 radical (unpaired) electrons. The summed E-state index contributed by atoms with van der Waals surface area (Å²) in [6.45, 7) is 3.06. The van der Waals surface area contributed by atoms with Crippen LogP contribution in [0.1, 0.15) is 9.67 Å². The average Bonchev–Trinajstić information content (AvgIpc) is 3.40. The number of ether oxygens (including phenoxy) is 1. The third-order valence-electron chi connectivity index (χ3n) is 4.99. The van der Waals surface area contributed by atoms with Crippen LogP contribution in [0.4, 0.5) is 5.00 Å². The maximum Gasteiger partial charge on any atom is 0.280 e. The summed E-state index contributed by atoms with van der Waals surface area (Å²) < 4.78 is 7.18. The van der Waals surface area contributed by atoms with Crippen LogP contribution in [0, 0.1) is 0 Å². The van der Waals surface area contributed by atoms with Crippen LogP contribution in [-0.4, -0.2) is 41.9 Å². The second-order valence-corrected chi connectivity index (χ2v) is 7.87. The number of nitrogens with zero attached hydrogens (tertiary/aromatic N) is 3. The van der Waals surface area contributed by atoms with E-state index in [9.17, 15) is 4.79 Å². The monoisotopic (exact) mass is 404 g/mol. The Morgan fingerprint density at radius 3 is 2.62 bits per heavy atom. The number of thiophene rings is 1. The first-order valence-corrected chi connectivity index (χ1v) is 10.4. The van der Waals surface area contributed by atoms with Gasteiger partial charge in [0.1, 0.15) is 6.33 Å². The van der Waals surface area contributed by atoms with Gasteiger partial charge in [0.25, 0.3) is 5.91 Å². The molecule has 4 aromatic rings. The number of anilines is 1. The first-order chi connectivity index (χ1) is 14.3. The molecule has 0 atom stereocenters. The van der Waals surface area contributed by atoms with Gasteiger partial charge in [0.2, 0.25) is 0 Å². The van der Waals surface area contributed by atoms with E-state index in [2.05, 4.69) is 27.4 Å². The number of hydrogen-bond acceptors (Lipinski definition) is 5. The summed E-state index contributed by atoms with van der Waals surface area (Å²) in [6, 6.07) is 19.9. The predicted octanol–water partition coefficient (Wildman–Crippen LogP) is 3.99. The summed E-state index contributed by atoms with van der Waals surface area (Å²) in [7, 11) is 0. The van der Waals surface area contributed by atoms with Crippen LogP contribution >= 0.6 is 11.3 Å². The Morgan fingerprint density at radius 2 is 1.79 bits per heavy atom. The van der Waals surface area contributed by atoms with Gasteiger partial charge in [-0.05, 0) is 23.8 Å². The smallest absolute Gasteiger partial charge is 0.280 e. The molecule has 0 unspecified atom stereocenters. The number of benzene rings is 2. The quantitative estimate of drug-likeness (QED) is 0.559. The fourth-order valence-corrected chi connectivity index (χ4v) is 4.65. The summed E-state index contributed by atoms with van der Waals surface area (Å²) in [5.41, 5.74) is 6.86. The van der Waals surface area contributed by atoms with Gasteiger partial charge in [-0.1, -0.05) is 42.5 Å². The highest BCUT2D eigenvalue weighted by atomic mass is 32.1. The third-order valence-corrected chi connectivity index (χ3v) is 6.19. The van der Waals surface area contributed by atoms with E-state index in [1.807, 2.05) is 48.5 Å². The van der Waals surface area contributed by atoms with E-state index in [0.717, 1.165) is 40.3 Å². The molecule has 146 valence electrons. The van der Waals surface area contributed by atoms with E-state index in [1.54, 1.807) is 11.0 Å². The summed E-state index contributed by atoms with van der Waals surface area (Å²) in [6.07, 6.45) is 1.64. The lowest BCUT2D eigenvalue weighted by atomic mass is 10.1. The lowest BCUT2D eigenvalue weighted by molar-refractivity contribution is 0.101. The lowest BCUT2D eigenvalue weighted by Gasteiger charge is -2.28. The molecule has 6 nitrogen and oxygen atoms in total. The summed E-state index contributed by atoms with van der Waals surface area (Å²) in [5, 5.41) is 1.11. The molecular weight excluding hydrogens is 384 g/mol. The van der Waals surface area contributed by atoms with Crippen molar-refractivity contribution in [3.63, 3.8) is 0 Å². The minimum Gasteiger partial charge on any atom is -0.378 e. The molecule has 1 N–H and O–H groups in total. The number of fused-ring (bicyclic) bond motifs is 1. The van der Waals surface area contributed by atoms with Crippen molar-refractivity contribution in [1.29, 1.82) is 0 Å². The van der Waals surface area contributed by atoms with Crippen LogP contribution < -0.4 is 10.3 Å². The largest absolute Gasteiger partial charge is 0.378 e. The zero-order valence-electron chi connectivity index (χ0n) is 15.7. The van der Waals surface area contributed by atoms with Crippen LogP contribution in [0.5, 0.6) is 0 Å². The number of carbonyl (C=O) groups is 1. The minimum absolute atomic E-state index is 0.144. The van der Waals surface area contributed by atoms with Gasteiger partial charge in [0.05, 0.1) is 34.1 Å². The fourth-order valence-electron chi connectivity index (χ4n) is 3.53. The van der Waals surface area contributed by atoms with Gasteiger partial charge in [-0.2, -0.15) is 0 Å². The van der Waals surface area contributed by atoms with Crippen LogP contribution in [-0.2, 0) is 4.74 Å². The molecule has 0 saturated carbocycles. The van der Waals surface area contributed by atoms with Gasteiger partial charge < -0.3 is 9.64 Å². The van der Waals surface area contributed by atoms with Gasteiger partial charge in [-0.3, -0.25) is 10.2 Å². The van der Waals surface area contributed by atoms with Crippen molar-refractivity contribution in [2.75, 3.05) is 36.6 Å². The summed E-state index contributed by atoms with van der Waals surface area (Å²) >= 11 is 1.52. The highest BCUT2D eigenvalue weighted by molar-refractivity contribution is 7.18. The Kier molecular flexibility index (Phi) is 4.75. The Bertz CT molecular complexity index is 1150. The molecule has 2 aromatic carbocycles. The first-order valence-electron chi connectivity index (χ1n) is 9.55. The lowest BCUT2D eigenvalue weighted by Crippen LogP contribution is -2.35. The van der Waals surface area contributed by atoms with Crippen LogP contribution in [0.2, 0.25) is 0 Å². The van der Waals surface area contributed by atoms with Crippen molar-refractivity contribution >= 4 is 33.3 Å². The van der Waals surface area contributed by atoms with Gasteiger partial charge in [0, 0.05) is 18.7 Å². The van der Waals surface area contributed by atoms with E-state index < -0.39 is 0 Å². The molecule has 1 amide bonds. The summed E-state index contributed by atoms with van der Waals surface area (Å²) in [5.74, 6) is -0.144. The van der Waals surface area contributed by atoms with Crippen molar-refractivity contribution in [1.82, 2.24) is 9.66 Å². The van der Waals surface area contributed by atoms with Gasteiger partial charge in [-0.15, -0.1) is 11.3 Å². The molecule has 1 aliphatic heterocycles. The average molecular weight is 404 g/mol. The molecule has 1 aliphatic rings. The number of hydrogen-bond donors (Lipinski definition) is 1. The highest BCUT2D eigenvalue weighted by Gasteiger charge is 2.22. The predicted molar refractivity (Wildman–Crippen MR) is 116 cm³/mol. The number of para-hydroxylation sites is 2. The second kappa shape index (κ2) is 7.69. The molecule has 0 aliphatic carbocycles. The molecule has 3 heterocycles. The number of nitrogens with one attached hydrogen (secondary N) is 1. The van der Waals surface area contributed by atoms with E-state index in [1.165, 1.54) is 11.3 Å². The fraction of sp³-hybridized carbons (Fsp3) is 0.182. The maximum absolute atomic E-state index is 13.0. The van der Waals surface area contributed by atoms with Crippen molar-refractivity contribution in [3.8, 4) is 11.1 Å². The summed E-state index contributed by atoms with van der Waals surface area (Å²) in [4.78, 5) is 20.4. The van der Waals surface area contributed by atoms with Gasteiger partial charge in [0.15, 0.2) is 0 Å². The van der Waals surface area contributed by atoms with E-state index in [0.29, 0.717) is 18.1 Å². The van der Waals surface area contributed by atoms with E-state index >= 15 is 0 Å². The van der Waals surface area contributed by atoms with Crippen molar-refractivity contribution in [2.24, 2.45) is 0 Å². The SMILES string of the molecule is O=C(Nn1cnc2ccccc21)c1cc(-c2ccccc2)c(N2CCOCC2)s1. The number of carbonyl (C=O) groups excluding carboxylic acids is 1.